The zero-order valence-electron chi connectivity index (χ0n) is 10.5. The maximum Gasteiger partial charge on any atom is 0.0327 e. The summed E-state index contributed by atoms with van der Waals surface area (Å²) < 4.78 is 1.23. The maximum atomic E-state index is 5.88. The van der Waals surface area contributed by atoms with Crippen molar-refractivity contribution in [3.63, 3.8) is 0 Å². The number of halogens is 1. The standard InChI is InChI=1S/C14H21IN2/c1-17(9-11-4-2-3-5-11)10-12-6-13(15)8-14(16)7-12/h6-8,11H,2-5,9-10,16H2,1H3. The van der Waals surface area contributed by atoms with Gasteiger partial charge in [0.25, 0.3) is 0 Å². The number of anilines is 1. The lowest BCUT2D eigenvalue weighted by Crippen LogP contribution is -2.24. The van der Waals surface area contributed by atoms with Crippen molar-refractivity contribution in [1.82, 2.24) is 4.90 Å². The molecule has 1 saturated carbocycles. The van der Waals surface area contributed by atoms with Gasteiger partial charge in [0.2, 0.25) is 0 Å². The number of nitrogen functional groups attached to an aromatic ring is 1. The van der Waals surface area contributed by atoms with Crippen LogP contribution >= 0.6 is 22.6 Å². The second-order valence-corrected chi connectivity index (χ2v) is 6.49. The first kappa shape index (κ1) is 13.1. The fraction of sp³-hybridized carbons (Fsp3) is 0.571. The van der Waals surface area contributed by atoms with Gasteiger partial charge in [-0.15, -0.1) is 0 Å². The van der Waals surface area contributed by atoms with Crippen LogP contribution in [0.5, 0.6) is 0 Å². The molecule has 0 unspecified atom stereocenters. The van der Waals surface area contributed by atoms with Gasteiger partial charge in [0.05, 0.1) is 0 Å². The minimum Gasteiger partial charge on any atom is -0.399 e. The molecule has 2 rings (SSSR count). The molecule has 0 spiro atoms. The van der Waals surface area contributed by atoms with Gasteiger partial charge < -0.3 is 10.6 Å². The Kier molecular flexibility index (Phi) is 4.68. The van der Waals surface area contributed by atoms with E-state index in [1.807, 2.05) is 6.07 Å². The molecule has 3 heteroatoms. The quantitative estimate of drug-likeness (QED) is 0.669. The van der Waals surface area contributed by atoms with Crippen molar-refractivity contribution in [2.45, 2.75) is 32.2 Å². The van der Waals surface area contributed by atoms with Crippen molar-refractivity contribution in [2.75, 3.05) is 19.3 Å². The van der Waals surface area contributed by atoms with Crippen molar-refractivity contribution < 1.29 is 0 Å². The SMILES string of the molecule is CN(Cc1cc(N)cc(I)c1)CC1CCCC1. The summed E-state index contributed by atoms with van der Waals surface area (Å²) in [6.07, 6.45) is 5.68. The second kappa shape index (κ2) is 6.05. The summed E-state index contributed by atoms with van der Waals surface area (Å²) in [6.45, 7) is 2.24. The largest absolute Gasteiger partial charge is 0.399 e. The van der Waals surface area contributed by atoms with Gasteiger partial charge in [0.15, 0.2) is 0 Å². The number of nitrogens with two attached hydrogens (primary N) is 1. The van der Waals surface area contributed by atoms with Gasteiger partial charge in [-0.3, -0.25) is 0 Å². The number of nitrogens with zero attached hydrogens (tertiary/aromatic N) is 1. The summed E-state index contributed by atoms with van der Waals surface area (Å²) in [7, 11) is 2.22. The van der Waals surface area contributed by atoms with Crippen LogP contribution in [0.4, 0.5) is 5.69 Å². The molecule has 0 radical (unpaired) electrons. The molecule has 1 aliphatic carbocycles. The molecule has 0 aliphatic heterocycles. The van der Waals surface area contributed by atoms with Crippen LogP contribution in [0.2, 0.25) is 0 Å². The minimum atomic E-state index is 0.876. The summed E-state index contributed by atoms with van der Waals surface area (Å²) >= 11 is 2.33. The molecule has 1 aliphatic rings. The molecule has 0 heterocycles. The molecule has 0 saturated heterocycles. The van der Waals surface area contributed by atoms with Crippen LogP contribution in [-0.4, -0.2) is 18.5 Å². The van der Waals surface area contributed by atoms with E-state index in [0.717, 1.165) is 18.2 Å². The first-order valence-corrected chi connectivity index (χ1v) is 7.45. The highest BCUT2D eigenvalue weighted by atomic mass is 127. The molecule has 1 aromatic carbocycles. The summed E-state index contributed by atoms with van der Waals surface area (Å²) in [5.41, 5.74) is 8.08. The lowest BCUT2D eigenvalue weighted by Gasteiger charge is -2.21. The molecule has 1 fully saturated rings. The summed E-state index contributed by atoms with van der Waals surface area (Å²) in [6, 6.07) is 6.33. The van der Waals surface area contributed by atoms with Gasteiger partial charge in [0, 0.05) is 22.3 Å². The zero-order valence-corrected chi connectivity index (χ0v) is 12.6. The highest BCUT2D eigenvalue weighted by Crippen LogP contribution is 2.25. The number of hydrogen-bond donors (Lipinski definition) is 1. The Hall–Kier alpha value is -0.290. The molecule has 0 atom stereocenters. The zero-order chi connectivity index (χ0) is 12.3. The topological polar surface area (TPSA) is 29.3 Å². The van der Waals surface area contributed by atoms with E-state index in [2.05, 4.69) is 46.7 Å². The lowest BCUT2D eigenvalue weighted by molar-refractivity contribution is 0.271. The second-order valence-electron chi connectivity index (χ2n) is 5.24. The van der Waals surface area contributed by atoms with E-state index >= 15 is 0 Å². The Morgan fingerprint density at radius 1 is 1.29 bits per heavy atom. The Bertz CT molecular complexity index is 352. The van der Waals surface area contributed by atoms with Crippen LogP contribution < -0.4 is 5.73 Å². The lowest BCUT2D eigenvalue weighted by atomic mass is 10.1. The Morgan fingerprint density at radius 3 is 2.65 bits per heavy atom. The van der Waals surface area contributed by atoms with Crippen LogP contribution in [0.1, 0.15) is 31.2 Å². The van der Waals surface area contributed by atoms with Gasteiger partial charge in [-0.05, 0) is 72.2 Å². The van der Waals surface area contributed by atoms with Crippen LogP contribution in [0.25, 0.3) is 0 Å². The predicted octanol–water partition coefficient (Wildman–Crippen LogP) is 3.50. The van der Waals surface area contributed by atoms with Crippen LogP contribution in [-0.2, 0) is 6.54 Å². The molecular formula is C14H21IN2. The molecule has 0 aromatic heterocycles. The van der Waals surface area contributed by atoms with E-state index < -0.39 is 0 Å². The number of rotatable bonds is 4. The van der Waals surface area contributed by atoms with Crippen molar-refractivity contribution in [3.8, 4) is 0 Å². The van der Waals surface area contributed by atoms with Crippen molar-refractivity contribution in [1.29, 1.82) is 0 Å². The minimum absolute atomic E-state index is 0.876. The van der Waals surface area contributed by atoms with Gasteiger partial charge in [-0.1, -0.05) is 12.8 Å². The van der Waals surface area contributed by atoms with Crippen LogP contribution in [0, 0.1) is 9.49 Å². The smallest absolute Gasteiger partial charge is 0.0327 e. The highest BCUT2D eigenvalue weighted by Gasteiger charge is 2.16. The fourth-order valence-electron chi connectivity index (χ4n) is 2.78. The molecular weight excluding hydrogens is 323 g/mol. The average Bonchev–Trinajstić information content (AvgIpc) is 2.67. The van der Waals surface area contributed by atoms with E-state index in [9.17, 15) is 0 Å². The van der Waals surface area contributed by atoms with E-state index in [1.54, 1.807) is 0 Å². The molecule has 17 heavy (non-hydrogen) atoms. The van der Waals surface area contributed by atoms with Gasteiger partial charge in [0.1, 0.15) is 0 Å². The normalized spacial score (nSPS) is 16.9. The van der Waals surface area contributed by atoms with E-state index in [4.69, 9.17) is 5.73 Å². The highest BCUT2D eigenvalue weighted by molar-refractivity contribution is 14.1. The van der Waals surface area contributed by atoms with E-state index in [1.165, 1.54) is 41.4 Å². The Balaban J connectivity index is 1.90. The van der Waals surface area contributed by atoms with E-state index in [0.29, 0.717) is 0 Å². The molecule has 2 N–H and O–H groups in total. The third-order valence-corrected chi connectivity index (χ3v) is 4.10. The van der Waals surface area contributed by atoms with Crippen LogP contribution in [0.15, 0.2) is 18.2 Å². The monoisotopic (exact) mass is 344 g/mol. The third kappa shape index (κ3) is 4.14. The van der Waals surface area contributed by atoms with Crippen molar-refractivity contribution in [3.05, 3.63) is 27.3 Å². The maximum absolute atomic E-state index is 5.88. The molecule has 1 aromatic rings. The van der Waals surface area contributed by atoms with Gasteiger partial charge in [-0.25, -0.2) is 0 Å². The third-order valence-electron chi connectivity index (χ3n) is 3.48. The molecule has 2 nitrogen and oxygen atoms in total. The Labute approximate surface area is 118 Å². The number of benzene rings is 1. The summed E-state index contributed by atoms with van der Waals surface area (Å²) in [4.78, 5) is 2.43. The molecule has 94 valence electrons. The van der Waals surface area contributed by atoms with Crippen molar-refractivity contribution in [2.24, 2.45) is 5.92 Å². The Morgan fingerprint density at radius 2 is 2.00 bits per heavy atom. The summed E-state index contributed by atoms with van der Waals surface area (Å²) in [5.74, 6) is 0.917. The fourth-order valence-corrected chi connectivity index (χ4v) is 3.54. The van der Waals surface area contributed by atoms with Crippen LogP contribution in [0.3, 0.4) is 0 Å². The van der Waals surface area contributed by atoms with Crippen molar-refractivity contribution >= 4 is 28.3 Å². The average molecular weight is 344 g/mol. The summed E-state index contributed by atoms with van der Waals surface area (Å²) in [5, 5.41) is 0. The molecule has 0 amide bonds. The number of hydrogen-bond acceptors (Lipinski definition) is 2. The molecule has 0 bridgehead atoms. The first-order valence-electron chi connectivity index (χ1n) is 6.37. The van der Waals surface area contributed by atoms with E-state index in [-0.39, 0.29) is 0 Å². The van der Waals surface area contributed by atoms with Gasteiger partial charge in [-0.2, -0.15) is 0 Å². The predicted molar refractivity (Wildman–Crippen MR) is 81.9 cm³/mol. The first-order chi connectivity index (χ1) is 8.13. The van der Waals surface area contributed by atoms with Gasteiger partial charge >= 0.3 is 0 Å².